The Balaban J connectivity index is 1.91. The molecule has 2 aliphatic heterocycles. The second-order valence-electron chi connectivity index (χ2n) is 6.30. The lowest BCUT2D eigenvalue weighted by Crippen LogP contribution is -2.50. The summed E-state index contributed by atoms with van der Waals surface area (Å²) in [6.45, 7) is 0.877. The molecule has 23 heavy (non-hydrogen) atoms. The van der Waals surface area contributed by atoms with Crippen LogP contribution in [0.4, 0.5) is 4.39 Å². The van der Waals surface area contributed by atoms with Crippen LogP contribution in [0, 0.1) is 11.7 Å². The van der Waals surface area contributed by atoms with E-state index in [1.54, 1.807) is 0 Å². The van der Waals surface area contributed by atoms with Gasteiger partial charge in [0.1, 0.15) is 5.82 Å². The number of rotatable bonds is 4. The van der Waals surface area contributed by atoms with Gasteiger partial charge in [0.15, 0.2) is 0 Å². The molecule has 0 saturated carbocycles. The Bertz CT molecular complexity index is 589. The summed E-state index contributed by atoms with van der Waals surface area (Å²) in [6.07, 6.45) is 5.21. The van der Waals surface area contributed by atoms with E-state index in [0.29, 0.717) is 6.04 Å². The lowest BCUT2D eigenvalue weighted by Gasteiger charge is -2.43. The zero-order chi connectivity index (χ0) is 16.4. The number of carbonyl (C=O) groups is 1. The molecule has 5 heteroatoms. The van der Waals surface area contributed by atoms with Crippen LogP contribution in [0.2, 0.25) is 0 Å². The molecule has 2 bridgehead atoms. The number of benzene rings is 1. The summed E-state index contributed by atoms with van der Waals surface area (Å²) in [7, 11) is 1.46. The van der Waals surface area contributed by atoms with Gasteiger partial charge in [0.05, 0.1) is 13.0 Å². The Kier molecular flexibility index (Phi) is 5.36. The second kappa shape index (κ2) is 7.30. The molecule has 0 aromatic heterocycles. The quantitative estimate of drug-likeness (QED) is 0.542. The van der Waals surface area contributed by atoms with E-state index in [-0.39, 0.29) is 29.7 Å². The summed E-state index contributed by atoms with van der Waals surface area (Å²) >= 11 is 2.23. The molecule has 1 aromatic rings. The van der Waals surface area contributed by atoms with Crippen LogP contribution < -0.4 is 0 Å². The monoisotopic (exact) mass is 425 g/mol. The van der Waals surface area contributed by atoms with Crippen molar-refractivity contribution in [1.29, 1.82) is 0 Å². The third-order valence-electron chi connectivity index (χ3n) is 5.24. The molecule has 4 atom stereocenters. The standard InChI is InChI=1S/C18H21FINO2/c1-23-18(22)17-15(12-3-5-13(19)6-4-12)11-14-7-8-16(17)21(14)10-2-9-20/h2-6,9,14-17H,7-8,10-11H2,1H3/b9-2+/t14-,15-,16+,17+/m1/s1/i20-4. The van der Waals surface area contributed by atoms with Crippen LogP contribution in [-0.2, 0) is 9.53 Å². The number of fused-ring (bicyclic) bond motifs is 2. The van der Waals surface area contributed by atoms with E-state index < -0.39 is 0 Å². The van der Waals surface area contributed by atoms with E-state index in [4.69, 9.17) is 4.74 Å². The molecule has 1 aromatic carbocycles. The minimum atomic E-state index is -0.240. The van der Waals surface area contributed by atoms with Crippen LogP contribution in [0.5, 0.6) is 0 Å². The molecule has 0 radical (unpaired) electrons. The summed E-state index contributed by atoms with van der Waals surface area (Å²) in [4.78, 5) is 14.9. The van der Waals surface area contributed by atoms with Gasteiger partial charge in [-0.3, -0.25) is 9.69 Å². The Morgan fingerprint density at radius 3 is 2.78 bits per heavy atom. The van der Waals surface area contributed by atoms with Crippen LogP contribution in [0.25, 0.3) is 0 Å². The van der Waals surface area contributed by atoms with E-state index in [1.165, 1.54) is 19.2 Å². The molecule has 0 N–H and O–H groups in total. The molecule has 2 saturated heterocycles. The van der Waals surface area contributed by atoms with Gasteiger partial charge in [-0.15, -0.1) is 0 Å². The smallest absolute Gasteiger partial charge is 0.310 e. The van der Waals surface area contributed by atoms with Crippen molar-refractivity contribution in [3.8, 4) is 0 Å². The second-order valence-corrected chi connectivity index (χ2v) is 7.02. The Morgan fingerprint density at radius 1 is 1.39 bits per heavy atom. The van der Waals surface area contributed by atoms with Gasteiger partial charge in [0.2, 0.25) is 0 Å². The third-order valence-corrected chi connectivity index (χ3v) is 5.75. The molecule has 2 heterocycles. The normalized spacial score (nSPS) is 30.7. The van der Waals surface area contributed by atoms with E-state index in [9.17, 15) is 9.18 Å². The fourth-order valence-electron chi connectivity index (χ4n) is 4.27. The predicted octanol–water partition coefficient (Wildman–Crippen LogP) is 3.88. The largest absolute Gasteiger partial charge is 0.469 e. The van der Waals surface area contributed by atoms with Crippen molar-refractivity contribution in [3.05, 3.63) is 45.8 Å². The number of hydrogen-bond acceptors (Lipinski definition) is 3. The maximum Gasteiger partial charge on any atom is 0.310 e. The van der Waals surface area contributed by atoms with Gasteiger partial charge in [-0.05, 0) is 41.0 Å². The van der Waals surface area contributed by atoms with Gasteiger partial charge in [0, 0.05) is 24.5 Å². The molecular weight excluding hydrogens is 404 g/mol. The van der Waals surface area contributed by atoms with Gasteiger partial charge in [-0.1, -0.05) is 40.8 Å². The number of ether oxygens (including phenoxy) is 1. The van der Waals surface area contributed by atoms with Crippen LogP contribution in [-0.4, -0.2) is 36.6 Å². The van der Waals surface area contributed by atoms with Crippen LogP contribution in [0.1, 0.15) is 30.7 Å². The van der Waals surface area contributed by atoms with E-state index >= 15 is 0 Å². The summed E-state index contributed by atoms with van der Waals surface area (Å²) < 4.78 is 20.4. The highest BCUT2D eigenvalue weighted by Crippen LogP contribution is 2.47. The average molecular weight is 425 g/mol. The van der Waals surface area contributed by atoms with Gasteiger partial charge in [0.25, 0.3) is 0 Å². The van der Waals surface area contributed by atoms with Gasteiger partial charge in [-0.2, -0.15) is 0 Å². The fraction of sp³-hybridized carbons (Fsp3) is 0.500. The van der Waals surface area contributed by atoms with Crippen molar-refractivity contribution in [1.82, 2.24) is 4.90 Å². The SMILES string of the molecule is COC(=O)[C@H]1[C@@H](c2ccc(F)cc2)C[C@H]2CC[C@@H]1N2C/C=C/[123I]. The van der Waals surface area contributed by atoms with E-state index in [1.807, 2.05) is 16.2 Å². The number of esters is 1. The third kappa shape index (κ3) is 3.31. The van der Waals surface area contributed by atoms with Crippen LogP contribution >= 0.6 is 22.6 Å². The molecular formula is C18H21FINO2. The molecule has 2 fully saturated rings. The zero-order valence-corrected chi connectivity index (χ0v) is 15.3. The van der Waals surface area contributed by atoms with Crippen molar-refractivity contribution >= 4 is 28.6 Å². The van der Waals surface area contributed by atoms with E-state index in [2.05, 4.69) is 33.6 Å². The van der Waals surface area contributed by atoms with Crippen molar-refractivity contribution < 1.29 is 13.9 Å². The number of methoxy groups -OCH3 is 1. The average Bonchev–Trinajstić information content (AvgIpc) is 2.84. The first-order valence-corrected chi connectivity index (χ1v) is 9.24. The molecule has 0 amide bonds. The number of piperidine rings is 1. The topological polar surface area (TPSA) is 29.5 Å². The molecule has 0 spiro atoms. The summed E-state index contributed by atoms with van der Waals surface area (Å²) in [6, 6.07) is 7.30. The lowest BCUT2D eigenvalue weighted by atomic mass is 9.76. The molecule has 124 valence electrons. The van der Waals surface area contributed by atoms with Crippen molar-refractivity contribution in [3.63, 3.8) is 0 Å². The first kappa shape index (κ1) is 16.9. The highest BCUT2D eigenvalue weighted by Gasteiger charge is 2.50. The lowest BCUT2D eigenvalue weighted by molar-refractivity contribution is -0.150. The number of nitrogens with zero attached hydrogens (tertiary/aromatic N) is 1. The maximum absolute atomic E-state index is 13.2. The van der Waals surface area contributed by atoms with Crippen molar-refractivity contribution in [2.24, 2.45) is 5.92 Å². The van der Waals surface area contributed by atoms with Gasteiger partial charge >= 0.3 is 5.97 Å². The first-order chi connectivity index (χ1) is 11.2. The van der Waals surface area contributed by atoms with Gasteiger partial charge in [-0.25, -0.2) is 4.39 Å². The highest BCUT2D eigenvalue weighted by atomic mass is 123. The number of halogens is 2. The Morgan fingerprint density at radius 2 is 2.13 bits per heavy atom. The minimum absolute atomic E-state index is 0.111. The Hall–Kier alpha value is -0.950. The summed E-state index contributed by atoms with van der Waals surface area (Å²) in [5.41, 5.74) is 1.04. The Labute approximate surface area is 150 Å². The van der Waals surface area contributed by atoms with Gasteiger partial charge < -0.3 is 4.74 Å². The number of hydrogen-bond donors (Lipinski definition) is 0. The van der Waals surface area contributed by atoms with E-state index in [0.717, 1.165) is 31.4 Å². The fourth-order valence-corrected chi connectivity index (χ4v) is 4.50. The van der Waals surface area contributed by atoms with Crippen LogP contribution in [0.15, 0.2) is 34.4 Å². The molecule has 3 nitrogen and oxygen atoms in total. The maximum atomic E-state index is 13.2. The van der Waals surface area contributed by atoms with Crippen LogP contribution in [0.3, 0.4) is 0 Å². The first-order valence-electron chi connectivity index (χ1n) is 8.00. The predicted molar refractivity (Wildman–Crippen MR) is 95.9 cm³/mol. The molecule has 0 aliphatic carbocycles. The summed E-state index contributed by atoms with van der Waals surface area (Å²) in [5, 5.41) is 0. The summed E-state index contributed by atoms with van der Waals surface area (Å²) in [5.74, 6) is -0.448. The molecule has 2 aliphatic rings. The molecule has 0 unspecified atom stereocenters. The highest BCUT2D eigenvalue weighted by molar-refractivity contribution is 14.1. The number of carbonyl (C=O) groups excluding carboxylic acids is 1. The minimum Gasteiger partial charge on any atom is -0.469 e. The van der Waals surface area contributed by atoms with Crippen molar-refractivity contribution in [2.45, 2.75) is 37.3 Å². The molecule has 3 rings (SSSR count). The van der Waals surface area contributed by atoms with Crippen molar-refractivity contribution in [2.75, 3.05) is 13.7 Å². The zero-order valence-electron chi connectivity index (χ0n) is 13.1.